The van der Waals surface area contributed by atoms with Crippen molar-refractivity contribution in [2.24, 2.45) is 0 Å². The average molecular weight is 243 g/mol. The molecule has 1 aromatic carbocycles. The van der Waals surface area contributed by atoms with E-state index in [2.05, 4.69) is 0 Å². The van der Waals surface area contributed by atoms with Gasteiger partial charge in [-0.25, -0.2) is 0 Å². The van der Waals surface area contributed by atoms with Crippen LogP contribution in [0, 0.1) is 6.92 Å². The van der Waals surface area contributed by atoms with Crippen molar-refractivity contribution in [3.8, 4) is 0 Å². The molecule has 3 heteroatoms. The molecule has 1 rings (SSSR count). The smallest absolute Gasteiger partial charge is 0.0892 e. The Labute approximate surface area is 102 Å². The number of halogens is 1. The topological polar surface area (TPSA) is 29.5 Å². The van der Waals surface area contributed by atoms with Crippen LogP contribution < -0.4 is 0 Å². The number of rotatable bonds is 5. The average Bonchev–Trinajstić information content (AvgIpc) is 2.19. The molecule has 0 radical (unpaired) electrons. The summed E-state index contributed by atoms with van der Waals surface area (Å²) < 4.78 is 5.24. The summed E-state index contributed by atoms with van der Waals surface area (Å²) in [6, 6.07) is 5.86. The van der Waals surface area contributed by atoms with Gasteiger partial charge in [0.1, 0.15) is 0 Å². The van der Waals surface area contributed by atoms with Crippen LogP contribution in [-0.2, 0) is 11.2 Å². The third-order valence-corrected chi connectivity index (χ3v) is 2.75. The highest BCUT2D eigenvalue weighted by Crippen LogP contribution is 2.22. The minimum Gasteiger partial charge on any atom is -0.387 e. The van der Waals surface area contributed by atoms with E-state index in [1.165, 1.54) is 0 Å². The zero-order valence-corrected chi connectivity index (χ0v) is 10.8. The highest BCUT2D eigenvalue weighted by molar-refractivity contribution is 6.31. The summed E-state index contributed by atoms with van der Waals surface area (Å²) in [5.74, 6) is 0. The van der Waals surface area contributed by atoms with Gasteiger partial charge in [0.25, 0.3) is 0 Å². The fourth-order valence-corrected chi connectivity index (χ4v) is 1.88. The van der Waals surface area contributed by atoms with E-state index in [1.54, 1.807) is 6.92 Å². The summed E-state index contributed by atoms with van der Waals surface area (Å²) in [5, 5.41) is 10.8. The van der Waals surface area contributed by atoms with E-state index in [0.717, 1.165) is 11.1 Å². The maximum atomic E-state index is 10.1. The van der Waals surface area contributed by atoms with Gasteiger partial charge >= 0.3 is 0 Å². The quantitative estimate of drug-likeness (QED) is 0.860. The summed E-state index contributed by atoms with van der Waals surface area (Å²) in [6.45, 7) is 6.60. The van der Waals surface area contributed by atoms with Gasteiger partial charge in [-0.3, -0.25) is 0 Å². The van der Waals surface area contributed by atoms with E-state index < -0.39 is 5.60 Å². The highest BCUT2D eigenvalue weighted by atomic mass is 35.5. The lowest BCUT2D eigenvalue weighted by Gasteiger charge is -2.23. The van der Waals surface area contributed by atoms with Gasteiger partial charge < -0.3 is 9.84 Å². The molecule has 0 heterocycles. The Balaban J connectivity index is 2.71. The number of ether oxygens (including phenoxy) is 1. The summed E-state index contributed by atoms with van der Waals surface area (Å²) in [6.07, 6.45) is 0.506. The molecule has 0 saturated carbocycles. The molecule has 0 aliphatic carbocycles. The summed E-state index contributed by atoms with van der Waals surface area (Å²) in [7, 11) is 0. The van der Waals surface area contributed by atoms with Crippen molar-refractivity contribution in [3.63, 3.8) is 0 Å². The zero-order chi connectivity index (χ0) is 12.2. The van der Waals surface area contributed by atoms with Crippen molar-refractivity contribution in [1.29, 1.82) is 0 Å². The predicted molar refractivity (Wildman–Crippen MR) is 67.0 cm³/mol. The van der Waals surface area contributed by atoms with Crippen LogP contribution in [0.2, 0.25) is 5.02 Å². The van der Waals surface area contributed by atoms with Gasteiger partial charge in [-0.2, -0.15) is 0 Å². The molecule has 0 bridgehead atoms. The summed E-state index contributed by atoms with van der Waals surface area (Å²) >= 11 is 6.12. The molecule has 1 atom stereocenters. The minimum atomic E-state index is -0.866. The van der Waals surface area contributed by atoms with Crippen molar-refractivity contribution >= 4 is 11.6 Å². The molecule has 1 aromatic rings. The van der Waals surface area contributed by atoms with Gasteiger partial charge in [-0.1, -0.05) is 23.7 Å². The number of hydrogen-bond acceptors (Lipinski definition) is 2. The Hall–Kier alpha value is -0.570. The van der Waals surface area contributed by atoms with E-state index in [4.69, 9.17) is 16.3 Å². The first-order chi connectivity index (χ1) is 7.44. The third kappa shape index (κ3) is 4.12. The summed E-state index contributed by atoms with van der Waals surface area (Å²) in [4.78, 5) is 0. The minimum absolute atomic E-state index is 0.327. The second-order valence-electron chi connectivity index (χ2n) is 4.41. The van der Waals surface area contributed by atoms with Gasteiger partial charge in [0.15, 0.2) is 0 Å². The van der Waals surface area contributed by atoms with Gasteiger partial charge in [-0.15, -0.1) is 0 Å². The van der Waals surface area contributed by atoms with E-state index in [9.17, 15) is 5.11 Å². The monoisotopic (exact) mass is 242 g/mol. The molecule has 2 nitrogen and oxygen atoms in total. The molecule has 1 N–H and O–H groups in total. The molecule has 0 aliphatic heterocycles. The Bertz CT molecular complexity index is 348. The van der Waals surface area contributed by atoms with Gasteiger partial charge in [0.2, 0.25) is 0 Å². The highest BCUT2D eigenvalue weighted by Gasteiger charge is 2.22. The molecular weight excluding hydrogens is 224 g/mol. The molecule has 0 aromatic heterocycles. The normalized spacial score (nSPS) is 14.8. The maximum Gasteiger partial charge on any atom is 0.0892 e. The summed E-state index contributed by atoms with van der Waals surface area (Å²) in [5.41, 5.74) is 1.21. The maximum absolute atomic E-state index is 10.1. The first kappa shape index (κ1) is 13.5. The van der Waals surface area contributed by atoms with Crippen molar-refractivity contribution in [3.05, 3.63) is 34.3 Å². The Morgan fingerprint density at radius 3 is 2.69 bits per heavy atom. The zero-order valence-electron chi connectivity index (χ0n) is 10.1. The van der Waals surface area contributed by atoms with Crippen LogP contribution >= 0.6 is 11.6 Å². The molecule has 0 spiro atoms. The van der Waals surface area contributed by atoms with Crippen molar-refractivity contribution in [2.45, 2.75) is 32.8 Å². The lowest BCUT2D eigenvalue weighted by molar-refractivity contribution is -0.0296. The van der Waals surface area contributed by atoms with Crippen LogP contribution in [0.4, 0.5) is 0 Å². The molecular formula is C13H19ClO2. The molecule has 0 amide bonds. The number of benzene rings is 1. The van der Waals surface area contributed by atoms with Gasteiger partial charge in [-0.05, 0) is 38.0 Å². The van der Waals surface area contributed by atoms with E-state index in [1.807, 2.05) is 32.0 Å². The lowest BCUT2D eigenvalue weighted by Crippen LogP contribution is -2.33. The van der Waals surface area contributed by atoms with Crippen LogP contribution in [0.3, 0.4) is 0 Å². The molecule has 90 valence electrons. The number of hydrogen-bond donors (Lipinski definition) is 1. The Morgan fingerprint density at radius 2 is 2.12 bits per heavy atom. The van der Waals surface area contributed by atoms with Crippen LogP contribution in [0.15, 0.2) is 18.2 Å². The molecule has 1 unspecified atom stereocenters. The third-order valence-electron chi connectivity index (χ3n) is 2.40. The first-order valence-electron chi connectivity index (χ1n) is 5.50. The van der Waals surface area contributed by atoms with Gasteiger partial charge in [0.05, 0.1) is 12.2 Å². The van der Waals surface area contributed by atoms with Crippen molar-refractivity contribution in [1.82, 2.24) is 0 Å². The van der Waals surface area contributed by atoms with Crippen LogP contribution in [0.1, 0.15) is 25.0 Å². The Kier molecular flexibility index (Phi) is 4.78. The predicted octanol–water partition coefficient (Wildman–Crippen LogP) is 2.98. The van der Waals surface area contributed by atoms with Crippen LogP contribution in [-0.4, -0.2) is 23.9 Å². The fraction of sp³-hybridized carbons (Fsp3) is 0.538. The number of aryl methyl sites for hydroxylation is 1. The molecule has 0 saturated heterocycles. The fourth-order valence-electron chi connectivity index (χ4n) is 1.58. The van der Waals surface area contributed by atoms with E-state index in [-0.39, 0.29) is 0 Å². The SMILES string of the molecule is CCOCC(C)(O)Cc1ccc(C)cc1Cl. The standard InChI is InChI=1S/C13H19ClO2/c1-4-16-9-13(3,15)8-11-6-5-10(2)7-12(11)14/h5-7,15H,4,8-9H2,1-3H3. The van der Waals surface area contributed by atoms with Crippen molar-refractivity contribution in [2.75, 3.05) is 13.2 Å². The van der Waals surface area contributed by atoms with Crippen LogP contribution in [0.25, 0.3) is 0 Å². The van der Waals surface area contributed by atoms with E-state index in [0.29, 0.717) is 24.7 Å². The number of aliphatic hydroxyl groups is 1. The van der Waals surface area contributed by atoms with Gasteiger partial charge in [0, 0.05) is 18.1 Å². The van der Waals surface area contributed by atoms with E-state index >= 15 is 0 Å². The molecule has 0 fully saturated rings. The van der Waals surface area contributed by atoms with Crippen LogP contribution in [0.5, 0.6) is 0 Å². The second-order valence-corrected chi connectivity index (χ2v) is 4.81. The lowest BCUT2D eigenvalue weighted by atomic mass is 9.97. The largest absolute Gasteiger partial charge is 0.387 e. The Morgan fingerprint density at radius 1 is 1.44 bits per heavy atom. The van der Waals surface area contributed by atoms with Crippen molar-refractivity contribution < 1.29 is 9.84 Å². The molecule has 16 heavy (non-hydrogen) atoms. The first-order valence-corrected chi connectivity index (χ1v) is 5.87. The molecule has 0 aliphatic rings. The second kappa shape index (κ2) is 5.67.